The van der Waals surface area contributed by atoms with Crippen LogP contribution in [0.25, 0.3) is 10.8 Å². The summed E-state index contributed by atoms with van der Waals surface area (Å²) in [6, 6.07) is 7.72. The molecule has 0 saturated heterocycles. The predicted octanol–water partition coefficient (Wildman–Crippen LogP) is 3.15. The van der Waals surface area contributed by atoms with Crippen molar-refractivity contribution in [3.63, 3.8) is 0 Å². The van der Waals surface area contributed by atoms with E-state index in [2.05, 4.69) is 37.9 Å². The number of nitrogens with zero attached hydrogens (tertiary/aromatic N) is 3. The van der Waals surface area contributed by atoms with Crippen molar-refractivity contribution in [2.45, 2.75) is 27.7 Å². The van der Waals surface area contributed by atoms with Gasteiger partial charge in [-0.1, -0.05) is 45.9 Å². The summed E-state index contributed by atoms with van der Waals surface area (Å²) in [5, 5.41) is 9.77. The van der Waals surface area contributed by atoms with Crippen LogP contribution in [-0.2, 0) is 4.79 Å². The molecule has 5 heteroatoms. The van der Waals surface area contributed by atoms with Gasteiger partial charge in [-0.2, -0.15) is 5.10 Å². The van der Waals surface area contributed by atoms with Gasteiger partial charge in [0.05, 0.1) is 6.20 Å². The average Bonchev–Trinajstić information content (AvgIpc) is 2.51. The lowest BCUT2D eigenvalue weighted by atomic mass is 10.1. The van der Waals surface area contributed by atoms with Crippen LogP contribution in [0.15, 0.2) is 30.5 Å². The second-order valence-electron chi connectivity index (χ2n) is 6.61. The molecule has 0 unspecified atom stereocenters. The number of hydrogen-bond donors (Lipinski definition) is 0. The van der Waals surface area contributed by atoms with E-state index < -0.39 is 0 Å². The molecule has 0 radical (unpaired) electrons. The van der Waals surface area contributed by atoms with Crippen molar-refractivity contribution in [3.05, 3.63) is 30.5 Å². The van der Waals surface area contributed by atoms with E-state index in [4.69, 9.17) is 4.74 Å². The summed E-state index contributed by atoms with van der Waals surface area (Å²) in [4.78, 5) is 14.3. The van der Waals surface area contributed by atoms with Gasteiger partial charge in [0.1, 0.15) is 0 Å². The van der Waals surface area contributed by atoms with Crippen LogP contribution in [0.4, 0.5) is 0 Å². The molecule has 0 saturated carbocycles. The summed E-state index contributed by atoms with van der Waals surface area (Å²) >= 11 is 0. The van der Waals surface area contributed by atoms with Gasteiger partial charge in [0, 0.05) is 23.9 Å². The number of amides is 1. The van der Waals surface area contributed by atoms with Crippen molar-refractivity contribution < 1.29 is 9.53 Å². The van der Waals surface area contributed by atoms with Crippen LogP contribution in [-0.4, -0.2) is 40.7 Å². The van der Waals surface area contributed by atoms with Crippen molar-refractivity contribution in [1.82, 2.24) is 15.1 Å². The molecule has 5 nitrogen and oxygen atoms in total. The van der Waals surface area contributed by atoms with Crippen molar-refractivity contribution >= 4 is 16.7 Å². The van der Waals surface area contributed by atoms with Gasteiger partial charge in [-0.3, -0.25) is 4.79 Å². The van der Waals surface area contributed by atoms with Gasteiger partial charge in [0.2, 0.25) is 5.88 Å². The van der Waals surface area contributed by atoms with E-state index in [0.29, 0.717) is 17.7 Å². The molecule has 0 spiro atoms. The number of fused-ring (bicyclic) bond motifs is 1. The molecule has 1 aromatic heterocycles. The molecule has 1 heterocycles. The number of benzene rings is 1. The number of carbonyl (C=O) groups is 1. The van der Waals surface area contributed by atoms with Crippen LogP contribution in [0, 0.1) is 11.8 Å². The van der Waals surface area contributed by atoms with Crippen molar-refractivity contribution in [2.24, 2.45) is 11.8 Å². The summed E-state index contributed by atoms with van der Waals surface area (Å²) in [7, 11) is 0. The number of rotatable bonds is 7. The van der Waals surface area contributed by atoms with Gasteiger partial charge in [-0.05, 0) is 17.9 Å². The molecule has 0 atom stereocenters. The van der Waals surface area contributed by atoms with Crippen LogP contribution in [0.5, 0.6) is 5.88 Å². The number of hydrogen-bond acceptors (Lipinski definition) is 4. The summed E-state index contributed by atoms with van der Waals surface area (Å²) in [6.07, 6.45) is 1.69. The molecule has 1 aromatic carbocycles. The lowest BCUT2D eigenvalue weighted by Crippen LogP contribution is -2.39. The third-order valence-electron chi connectivity index (χ3n) is 3.39. The Bertz CT molecular complexity index is 640. The quantitative estimate of drug-likeness (QED) is 0.787. The van der Waals surface area contributed by atoms with Crippen LogP contribution in [0.1, 0.15) is 27.7 Å². The lowest BCUT2D eigenvalue weighted by Gasteiger charge is -2.26. The topological polar surface area (TPSA) is 55.3 Å². The van der Waals surface area contributed by atoms with E-state index in [1.165, 1.54) is 0 Å². The standard InChI is InChI=1S/C18H25N3O2/c1-13(2)10-21(11-14(3)4)17(22)12-23-18-16-8-6-5-7-15(16)9-19-20-18/h5-9,13-14H,10-12H2,1-4H3. The summed E-state index contributed by atoms with van der Waals surface area (Å²) < 4.78 is 5.66. The third kappa shape index (κ3) is 4.91. The first-order valence-corrected chi connectivity index (χ1v) is 8.08. The molecule has 0 bridgehead atoms. The average molecular weight is 315 g/mol. The van der Waals surface area contributed by atoms with E-state index in [0.717, 1.165) is 23.9 Å². The van der Waals surface area contributed by atoms with Gasteiger partial charge >= 0.3 is 0 Å². The maximum atomic E-state index is 12.5. The number of ether oxygens (including phenoxy) is 1. The molecule has 0 aliphatic heterocycles. The Balaban J connectivity index is 2.06. The highest BCUT2D eigenvalue weighted by molar-refractivity contribution is 5.86. The molecule has 2 rings (SSSR count). The van der Waals surface area contributed by atoms with Crippen molar-refractivity contribution in [1.29, 1.82) is 0 Å². The fourth-order valence-electron chi connectivity index (χ4n) is 2.49. The Morgan fingerprint density at radius 1 is 1.13 bits per heavy atom. The van der Waals surface area contributed by atoms with E-state index in [9.17, 15) is 4.79 Å². The molecular formula is C18H25N3O2. The van der Waals surface area contributed by atoms with Crippen LogP contribution in [0.3, 0.4) is 0 Å². The fourth-order valence-corrected chi connectivity index (χ4v) is 2.49. The number of aromatic nitrogens is 2. The van der Waals surface area contributed by atoms with E-state index in [1.807, 2.05) is 29.2 Å². The van der Waals surface area contributed by atoms with Crippen LogP contribution >= 0.6 is 0 Å². The molecule has 0 aliphatic carbocycles. The fraction of sp³-hybridized carbons (Fsp3) is 0.500. The monoisotopic (exact) mass is 315 g/mol. The Hall–Kier alpha value is -2.17. The normalized spacial score (nSPS) is 11.2. The van der Waals surface area contributed by atoms with E-state index in [1.54, 1.807) is 6.20 Å². The first kappa shape index (κ1) is 17.2. The molecule has 2 aromatic rings. The van der Waals surface area contributed by atoms with Gasteiger partial charge in [-0.25, -0.2) is 0 Å². The molecule has 23 heavy (non-hydrogen) atoms. The molecule has 0 N–H and O–H groups in total. The predicted molar refractivity (Wildman–Crippen MR) is 91.3 cm³/mol. The van der Waals surface area contributed by atoms with Crippen LogP contribution < -0.4 is 4.74 Å². The van der Waals surface area contributed by atoms with Gasteiger partial charge in [-0.15, -0.1) is 5.10 Å². The second-order valence-corrected chi connectivity index (χ2v) is 6.61. The van der Waals surface area contributed by atoms with Crippen LogP contribution in [0.2, 0.25) is 0 Å². The maximum absolute atomic E-state index is 12.5. The summed E-state index contributed by atoms with van der Waals surface area (Å²) in [6.45, 7) is 9.90. The summed E-state index contributed by atoms with van der Waals surface area (Å²) in [5.41, 5.74) is 0. The zero-order valence-electron chi connectivity index (χ0n) is 14.3. The highest BCUT2D eigenvalue weighted by atomic mass is 16.5. The molecule has 0 fully saturated rings. The minimum atomic E-state index is -0.0119. The van der Waals surface area contributed by atoms with E-state index >= 15 is 0 Å². The SMILES string of the molecule is CC(C)CN(CC(C)C)C(=O)COc1nncc2ccccc12. The second kappa shape index (κ2) is 7.90. The first-order chi connectivity index (χ1) is 11.0. The minimum absolute atomic E-state index is 0.0118. The highest BCUT2D eigenvalue weighted by Gasteiger charge is 2.17. The Labute approximate surface area is 137 Å². The molecule has 1 amide bonds. The maximum Gasteiger partial charge on any atom is 0.260 e. The number of carbonyl (C=O) groups excluding carboxylic acids is 1. The van der Waals surface area contributed by atoms with E-state index in [-0.39, 0.29) is 12.5 Å². The zero-order chi connectivity index (χ0) is 16.8. The lowest BCUT2D eigenvalue weighted by molar-refractivity contribution is -0.134. The van der Waals surface area contributed by atoms with Gasteiger partial charge in [0.25, 0.3) is 5.91 Å². The molecule has 124 valence electrons. The van der Waals surface area contributed by atoms with Gasteiger partial charge in [0.15, 0.2) is 6.61 Å². The largest absolute Gasteiger partial charge is 0.466 e. The van der Waals surface area contributed by atoms with Gasteiger partial charge < -0.3 is 9.64 Å². The highest BCUT2D eigenvalue weighted by Crippen LogP contribution is 2.21. The smallest absolute Gasteiger partial charge is 0.260 e. The Kier molecular flexibility index (Phi) is 5.90. The zero-order valence-corrected chi connectivity index (χ0v) is 14.3. The van der Waals surface area contributed by atoms with Crippen molar-refractivity contribution in [2.75, 3.05) is 19.7 Å². The Morgan fingerprint density at radius 3 is 2.43 bits per heavy atom. The Morgan fingerprint density at radius 2 is 1.78 bits per heavy atom. The third-order valence-corrected chi connectivity index (χ3v) is 3.39. The summed E-state index contributed by atoms with van der Waals surface area (Å²) in [5.74, 6) is 1.25. The first-order valence-electron chi connectivity index (χ1n) is 8.08. The molecule has 0 aliphatic rings. The van der Waals surface area contributed by atoms with Crippen molar-refractivity contribution in [3.8, 4) is 5.88 Å². The molecular weight excluding hydrogens is 290 g/mol. The minimum Gasteiger partial charge on any atom is -0.466 e.